The van der Waals surface area contributed by atoms with E-state index in [0.29, 0.717) is 12.0 Å². The zero-order valence-corrected chi connectivity index (χ0v) is 12.5. The maximum absolute atomic E-state index is 5.67. The fourth-order valence-corrected chi connectivity index (χ4v) is 1.22. The zero-order valence-electron chi connectivity index (χ0n) is 12.5. The summed E-state index contributed by atoms with van der Waals surface area (Å²) >= 11 is 0. The van der Waals surface area contributed by atoms with Crippen molar-refractivity contribution in [2.24, 2.45) is 5.92 Å². The van der Waals surface area contributed by atoms with Gasteiger partial charge >= 0.3 is 0 Å². The average Bonchev–Trinajstić information content (AvgIpc) is 2.19. The number of ether oxygens (including phenoxy) is 2. The second-order valence-electron chi connectivity index (χ2n) is 5.96. The lowest BCUT2D eigenvalue weighted by Crippen LogP contribution is -2.38. The molecule has 0 unspecified atom stereocenters. The minimum absolute atomic E-state index is 0.180. The number of hydrogen-bond acceptors (Lipinski definition) is 3. The standard InChI is InChI=1S/C14H31NO2/c1-12(2)13(3)17-10-7-9-16-11-8-15-14(4,5)6/h12-13,15H,7-11H2,1-6H3/t13-/m1/s1. The van der Waals surface area contributed by atoms with Crippen LogP contribution in [0.3, 0.4) is 0 Å². The van der Waals surface area contributed by atoms with Crippen LogP contribution in [-0.4, -0.2) is 38.0 Å². The summed E-state index contributed by atoms with van der Waals surface area (Å²) in [5.74, 6) is 0.590. The van der Waals surface area contributed by atoms with Gasteiger partial charge in [-0.2, -0.15) is 0 Å². The Kier molecular flexibility index (Phi) is 8.83. The normalized spacial score (nSPS) is 14.3. The molecule has 0 heterocycles. The van der Waals surface area contributed by atoms with E-state index in [9.17, 15) is 0 Å². The Morgan fingerprint density at radius 3 is 2.18 bits per heavy atom. The third-order valence-electron chi connectivity index (χ3n) is 2.65. The van der Waals surface area contributed by atoms with Gasteiger partial charge in [-0.05, 0) is 40.0 Å². The van der Waals surface area contributed by atoms with E-state index in [1.807, 2.05) is 0 Å². The molecule has 0 aliphatic heterocycles. The molecule has 0 aliphatic rings. The van der Waals surface area contributed by atoms with E-state index in [1.54, 1.807) is 0 Å². The van der Waals surface area contributed by atoms with Crippen LogP contribution in [-0.2, 0) is 9.47 Å². The minimum atomic E-state index is 0.180. The van der Waals surface area contributed by atoms with Crippen molar-refractivity contribution < 1.29 is 9.47 Å². The van der Waals surface area contributed by atoms with Crippen LogP contribution < -0.4 is 5.32 Å². The zero-order chi connectivity index (χ0) is 13.3. The molecule has 0 aliphatic carbocycles. The van der Waals surface area contributed by atoms with Gasteiger partial charge in [0.05, 0.1) is 12.7 Å². The molecular formula is C14H31NO2. The Hall–Kier alpha value is -0.120. The molecule has 0 saturated heterocycles. The van der Waals surface area contributed by atoms with E-state index in [1.165, 1.54) is 0 Å². The average molecular weight is 245 g/mol. The smallest absolute Gasteiger partial charge is 0.0591 e. The summed E-state index contributed by atoms with van der Waals surface area (Å²) in [6.45, 7) is 16.2. The maximum atomic E-state index is 5.67. The topological polar surface area (TPSA) is 30.5 Å². The minimum Gasteiger partial charge on any atom is -0.380 e. The summed E-state index contributed by atoms with van der Waals surface area (Å²) < 4.78 is 11.2. The van der Waals surface area contributed by atoms with E-state index in [-0.39, 0.29) is 5.54 Å². The molecule has 0 radical (unpaired) electrons. The van der Waals surface area contributed by atoms with Crippen LogP contribution in [0.5, 0.6) is 0 Å². The maximum Gasteiger partial charge on any atom is 0.0591 e. The molecule has 0 fully saturated rings. The van der Waals surface area contributed by atoms with Crippen LogP contribution in [0, 0.1) is 5.92 Å². The van der Waals surface area contributed by atoms with Gasteiger partial charge in [-0.15, -0.1) is 0 Å². The quantitative estimate of drug-likeness (QED) is 0.634. The van der Waals surface area contributed by atoms with Gasteiger partial charge in [0.2, 0.25) is 0 Å². The lowest BCUT2D eigenvalue weighted by atomic mass is 10.1. The molecule has 17 heavy (non-hydrogen) atoms. The first kappa shape index (κ1) is 16.9. The molecule has 0 bridgehead atoms. The summed E-state index contributed by atoms with van der Waals surface area (Å²) in [5, 5.41) is 3.39. The summed E-state index contributed by atoms with van der Waals surface area (Å²) in [4.78, 5) is 0. The van der Waals surface area contributed by atoms with Crippen molar-refractivity contribution in [2.75, 3.05) is 26.4 Å². The van der Waals surface area contributed by atoms with Crippen LogP contribution in [0.25, 0.3) is 0 Å². The predicted octanol–water partition coefficient (Wildman–Crippen LogP) is 2.84. The lowest BCUT2D eigenvalue weighted by molar-refractivity contribution is 0.0194. The van der Waals surface area contributed by atoms with Gasteiger partial charge in [0.25, 0.3) is 0 Å². The van der Waals surface area contributed by atoms with E-state index < -0.39 is 0 Å². The lowest BCUT2D eigenvalue weighted by Gasteiger charge is -2.20. The molecule has 0 aromatic carbocycles. The third-order valence-corrected chi connectivity index (χ3v) is 2.65. The Morgan fingerprint density at radius 1 is 1.00 bits per heavy atom. The molecule has 3 heteroatoms. The van der Waals surface area contributed by atoms with E-state index in [0.717, 1.165) is 32.8 Å². The van der Waals surface area contributed by atoms with Gasteiger partial charge in [-0.25, -0.2) is 0 Å². The second-order valence-corrected chi connectivity index (χ2v) is 5.96. The highest BCUT2D eigenvalue weighted by Crippen LogP contribution is 2.05. The SMILES string of the molecule is CC(C)[C@@H](C)OCCCOCCNC(C)(C)C. The van der Waals surface area contributed by atoms with Gasteiger partial charge in [0, 0.05) is 25.3 Å². The molecule has 0 aromatic heterocycles. The van der Waals surface area contributed by atoms with E-state index >= 15 is 0 Å². The fraction of sp³-hybridized carbons (Fsp3) is 1.00. The predicted molar refractivity (Wildman–Crippen MR) is 73.4 cm³/mol. The van der Waals surface area contributed by atoms with Crippen molar-refractivity contribution in [1.82, 2.24) is 5.32 Å². The van der Waals surface area contributed by atoms with Crippen LogP contribution >= 0.6 is 0 Å². The van der Waals surface area contributed by atoms with Crippen molar-refractivity contribution in [2.45, 2.75) is 59.6 Å². The van der Waals surface area contributed by atoms with Crippen molar-refractivity contribution in [1.29, 1.82) is 0 Å². The first-order valence-corrected chi connectivity index (χ1v) is 6.77. The van der Waals surface area contributed by atoms with Gasteiger partial charge in [-0.1, -0.05) is 13.8 Å². The molecule has 0 aromatic rings. The molecule has 1 N–H and O–H groups in total. The summed E-state index contributed by atoms with van der Waals surface area (Å²) in [5.41, 5.74) is 0.180. The molecule has 3 nitrogen and oxygen atoms in total. The van der Waals surface area contributed by atoms with E-state index in [2.05, 4.69) is 46.9 Å². The number of hydrogen-bond donors (Lipinski definition) is 1. The van der Waals surface area contributed by atoms with E-state index in [4.69, 9.17) is 9.47 Å². The molecule has 0 amide bonds. The summed E-state index contributed by atoms with van der Waals surface area (Å²) in [6.07, 6.45) is 1.32. The van der Waals surface area contributed by atoms with Crippen molar-refractivity contribution in [3.8, 4) is 0 Å². The van der Waals surface area contributed by atoms with Gasteiger partial charge in [0.15, 0.2) is 0 Å². The highest BCUT2D eigenvalue weighted by molar-refractivity contribution is 4.69. The van der Waals surface area contributed by atoms with Crippen LogP contribution in [0.1, 0.15) is 48.0 Å². The molecule has 104 valence electrons. The molecular weight excluding hydrogens is 214 g/mol. The molecule has 0 rings (SSSR count). The first-order valence-electron chi connectivity index (χ1n) is 6.77. The largest absolute Gasteiger partial charge is 0.380 e. The highest BCUT2D eigenvalue weighted by atomic mass is 16.5. The van der Waals surface area contributed by atoms with Crippen LogP contribution in [0.2, 0.25) is 0 Å². The first-order chi connectivity index (χ1) is 7.83. The van der Waals surface area contributed by atoms with Gasteiger partial charge < -0.3 is 14.8 Å². The fourth-order valence-electron chi connectivity index (χ4n) is 1.22. The number of nitrogens with one attached hydrogen (secondary N) is 1. The Labute approximate surface area is 107 Å². The third kappa shape index (κ3) is 12.1. The molecule has 1 atom stereocenters. The second kappa shape index (κ2) is 8.90. The highest BCUT2D eigenvalue weighted by Gasteiger charge is 2.07. The summed E-state index contributed by atoms with van der Waals surface area (Å²) in [6, 6.07) is 0. The monoisotopic (exact) mass is 245 g/mol. The Bertz CT molecular complexity index is 176. The molecule has 0 spiro atoms. The van der Waals surface area contributed by atoms with Gasteiger partial charge in [-0.3, -0.25) is 0 Å². The van der Waals surface area contributed by atoms with Crippen LogP contribution in [0.4, 0.5) is 0 Å². The van der Waals surface area contributed by atoms with Crippen molar-refractivity contribution >= 4 is 0 Å². The summed E-state index contributed by atoms with van der Waals surface area (Å²) in [7, 11) is 0. The Morgan fingerprint density at radius 2 is 1.65 bits per heavy atom. The Balaban J connectivity index is 3.19. The van der Waals surface area contributed by atoms with Crippen LogP contribution in [0.15, 0.2) is 0 Å². The molecule has 0 saturated carbocycles. The number of rotatable bonds is 9. The van der Waals surface area contributed by atoms with Crippen molar-refractivity contribution in [3.05, 3.63) is 0 Å². The van der Waals surface area contributed by atoms with Gasteiger partial charge in [0.1, 0.15) is 0 Å². The van der Waals surface area contributed by atoms with Crippen molar-refractivity contribution in [3.63, 3.8) is 0 Å².